The van der Waals surface area contributed by atoms with Gasteiger partial charge in [0.1, 0.15) is 6.04 Å². The van der Waals surface area contributed by atoms with Crippen LogP contribution < -0.4 is 5.32 Å². The van der Waals surface area contributed by atoms with E-state index in [0.29, 0.717) is 6.42 Å². The standard InChI is InChI=1S/C16H23NO3/c1-4-12-7-5-6-8-13(12)10-15(18)17-14(16(19)20)9-11(2)3/h5-8,11,14H,4,9-10H2,1-3H3,(H,17,18)(H,19,20). The van der Waals surface area contributed by atoms with Gasteiger partial charge in [0.25, 0.3) is 0 Å². The molecule has 0 fully saturated rings. The first-order valence-electron chi connectivity index (χ1n) is 7.03. The lowest BCUT2D eigenvalue weighted by molar-refractivity contribution is -0.142. The number of hydrogen-bond donors (Lipinski definition) is 2. The molecule has 0 bridgehead atoms. The maximum absolute atomic E-state index is 12.0. The Labute approximate surface area is 120 Å². The van der Waals surface area contributed by atoms with E-state index in [1.807, 2.05) is 45.0 Å². The summed E-state index contributed by atoms with van der Waals surface area (Å²) in [6.45, 7) is 5.92. The highest BCUT2D eigenvalue weighted by atomic mass is 16.4. The summed E-state index contributed by atoms with van der Waals surface area (Å²) in [4.78, 5) is 23.1. The third-order valence-electron chi connectivity index (χ3n) is 3.19. The van der Waals surface area contributed by atoms with Crippen LogP contribution >= 0.6 is 0 Å². The molecule has 0 spiro atoms. The van der Waals surface area contributed by atoms with Gasteiger partial charge in [-0.1, -0.05) is 45.0 Å². The van der Waals surface area contributed by atoms with Crippen molar-refractivity contribution in [1.29, 1.82) is 0 Å². The molecule has 110 valence electrons. The van der Waals surface area contributed by atoms with E-state index in [9.17, 15) is 9.59 Å². The van der Waals surface area contributed by atoms with Crippen LogP contribution in [0.25, 0.3) is 0 Å². The average molecular weight is 277 g/mol. The molecule has 1 aromatic rings. The van der Waals surface area contributed by atoms with Crippen molar-refractivity contribution in [2.45, 2.75) is 46.1 Å². The van der Waals surface area contributed by atoms with Gasteiger partial charge in [-0.05, 0) is 29.9 Å². The molecule has 20 heavy (non-hydrogen) atoms. The highest BCUT2D eigenvalue weighted by Crippen LogP contribution is 2.11. The molecule has 1 amide bonds. The van der Waals surface area contributed by atoms with E-state index >= 15 is 0 Å². The first kappa shape index (κ1) is 16.2. The van der Waals surface area contributed by atoms with Crippen molar-refractivity contribution in [2.24, 2.45) is 5.92 Å². The predicted molar refractivity (Wildman–Crippen MR) is 78.5 cm³/mol. The minimum Gasteiger partial charge on any atom is -0.480 e. The predicted octanol–water partition coefficient (Wildman–Crippen LogP) is 2.41. The molecule has 0 heterocycles. The van der Waals surface area contributed by atoms with Crippen LogP contribution in [-0.4, -0.2) is 23.0 Å². The van der Waals surface area contributed by atoms with Crippen LogP contribution in [0.2, 0.25) is 0 Å². The van der Waals surface area contributed by atoms with Crippen LogP contribution in [0.5, 0.6) is 0 Å². The molecule has 0 radical (unpaired) electrons. The fraction of sp³-hybridized carbons (Fsp3) is 0.500. The molecule has 0 aliphatic heterocycles. The number of carbonyl (C=O) groups is 2. The van der Waals surface area contributed by atoms with Gasteiger partial charge in [-0.3, -0.25) is 4.79 Å². The Kier molecular flexibility index (Phi) is 6.22. The Bertz CT molecular complexity index is 469. The molecule has 1 unspecified atom stereocenters. The van der Waals surface area contributed by atoms with Crippen molar-refractivity contribution in [3.63, 3.8) is 0 Å². The Morgan fingerprint density at radius 3 is 2.30 bits per heavy atom. The zero-order chi connectivity index (χ0) is 15.1. The third-order valence-corrected chi connectivity index (χ3v) is 3.19. The number of rotatable bonds is 7. The highest BCUT2D eigenvalue weighted by molar-refractivity contribution is 5.85. The molecule has 0 saturated carbocycles. The summed E-state index contributed by atoms with van der Waals surface area (Å²) >= 11 is 0. The number of benzene rings is 1. The maximum atomic E-state index is 12.0. The molecule has 0 aliphatic rings. The highest BCUT2D eigenvalue weighted by Gasteiger charge is 2.21. The van der Waals surface area contributed by atoms with Crippen molar-refractivity contribution in [1.82, 2.24) is 5.32 Å². The number of carboxylic acid groups (broad SMARTS) is 1. The lowest BCUT2D eigenvalue weighted by Gasteiger charge is -2.17. The zero-order valence-electron chi connectivity index (χ0n) is 12.3. The van der Waals surface area contributed by atoms with Gasteiger partial charge in [0.05, 0.1) is 6.42 Å². The van der Waals surface area contributed by atoms with Gasteiger partial charge < -0.3 is 10.4 Å². The Morgan fingerprint density at radius 2 is 1.80 bits per heavy atom. The van der Waals surface area contributed by atoms with Crippen molar-refractivity contribution < 1.29 is 14.7 Å². The van der Waals surface area contributed by atoms with E-state index in [2.05, 4.69) is 5.32 Å². The minimum absolute atomic E-state index is 0.222. The zero-order valence-corrected chi connectivity index (χ0v) is 12.3. The molecule has 0 aliphatic carbocycles. The Hall–Kier alpha value is -1.84. The van der Waals surface area contributed by atoms with Gasteiger partial charge in [-0.15, -0.1) is 0 Å². The molecular weight excluding hydrogens is 254 g/mol. The normalized spacial score (nSPS) is 12.2. The lowest BCUT2D eigenvalue weighted by Crippen LogP contribution is -2.42. The number of amides is 1. The fourth-order valence-corrected chi connectivity index (χ4v) is 2.19. The molecule has 4 nitrogen and oxygen atoms in total. The minimum atomic E-state index is -0.976. The van der Waals surface area contributed by atoms with Crippen LogP contribution in [0.4, 0.5) is 0 Å². The summed E-state index contributed by atoms with van der Waals surface area (Å²) in [5.41, 5.74) is 2.08. The van der Waals surface area contributed by atoms with Crippen LogP contribution in [0.1, 0.15) is 38.3 Å². The molecule has 1 rings (SSSR count). The topological polar surface area (TPSA) is 66.4 Å². The second-order valence-electron chi connectivity index (χ2n) is 5.39. The quantitative estimate of drug-likeness (QED) is 0.804. The fourth-order valence-electron chi connectivity index (χ4n) is 2.19. The first-order valence-corrected chi connectivity index (χ1v) is 7.03. The number of carboxylic acids is 1. The van der Waals surface area contributed by atoms with Gasteiger partial charge in [-0.2, -0.15) is 0 Å². The molecule has 2 N–H and O–H groups in total. The summed E-state index contributed by atoms with van der Waals surface area (Å²) in [5.74, 6) is -0.992. The van der Waals surface area contributed by atoms with Gasteiger partial charge in [0.2, 0.25) is 5.91 Å². The summed E-state index contributed by atoms with van der Waals surface area (Å²) in [7, 11) is 0. The first-order chi connectivity index (χ1) is 9.43. The number of aliphatic carboxylic acids is 1. The van der Waals surface area contributed by atoms with E-state index in [1.165, 1.54) is 0 Å². The van der Waals surface area contributed by atoms with E-state index in [-0.39, 0.29) is 18.2 Å². The smallest absolute Gasteiger partial charge is 0.326 e. The van der Waals surface area contributed by atoms with Crippen molar-refractivity contribution in [3.05, 3.63) is 35.4 Å². The van der Waals surface area contributed by atoms with Gasteiger partial charge >= 0.3 is 5.97 Å². The molecule has 1 atom stereocenters. The maximum Gasteiger partial charge on any atom is 0.326 e. The van der Waals surface area contributed by atoms with Gasteiger partial charge in [0, 0.05) is 0 Å². The van der Waals surface area contributed by atoms with Crippen LogP contribution in [0, 0.1) is 5.92 Å². The van der Waals surface area contributed by atoms with Gasteiger partial charge in [0.15, 0.2) is 0 Å². The lowest BCUT2D eigenvalue weighted by atomic mass is 10.0. The monoisotopic (exact) mass is 277 g/mol. The SMILES string of the molecule is CCc1ccccc1CC(=O)NC(CC(C)C)C(=O)O. The third kappa shape index (κ3) is 5.03. The summed E-state index contributed by atoms with van der Waals surface area (Å²) in [6.07, 6.45) is 1.53. The number of carbonyl (C=O) groups excluding carboxylic acids is 1. The van der Waals surface area contributed by atoms with E-state index in [4.69, 9.17) is 5.11 Å². The van der Waals surface area contributed by atoms with Crippen molar-refractivity contribution >= 4 is 11.9 Å². The number of nitrogens with one attached hydrogen (secondary N) is 1. The van der Waals surface area contributed by atoms with E-state index in [1.54, 1.807) is 0 Å². The second kappa shape index (κ2) is 7.68. The molecule has 1 aromatic carbocycles. The number of hydrogen-bond acceptors (Lipinski definition) is 2. The van der Waals surface area contributed by atoms with Gasteiger partial charge in [-0.25, -0.2) is 4.79 Å². The Morgan fingerprint density at radius 1 is 1.20 bits per heavy atom. The van der Waals surface area contributed by atoms with Crippen LogP contribution in [-0.2, 0) is 22.4 Å². The second-order valence-corrected chi connectivity index (χ2v) is 5.39. The van der Waals surface area contributed by atoms with Crippen LogP contribution in [0.3, 0.4) is 0 Å². The Balaban J connectivity index is 2.68. The summed E-state index contributed by atoms with van der Waals surface area (Å²) < 4.78 is 0. The summed E-state index contributed by atoms with van der Waals surface area (Å²) in [5, 5.41) is 11.7. The molecule has 4 heteroatoms. The van der Waals surface area contributed by atoms with Crippen molar-refractivity contribution in [2.75, 3.05) is 0 Å². The van der Waals surface area contributed by atoms with E-state index < -0.39 is 12.0 Å². The van der Waals surface area contributed by atoms with Crippen molar-refractivity contribution in [3.8, 4) is 0 Å². The summed E-state index contributed by atoms with van der Waals surface area (Å²) in [6, 6.07) is 6.93. The number of aryl methyl sites for hydroxylation is 1. The molecule has 0 aromatic heterocycles. The molecular formula is C16H23NO3. The average Bonchev–Trinajstić information content (AvgIpc) is 2.37. The van der Waals surface area contributed by atoms with E-state index in [0.717, 1.165) is 17.5 Å². The molecule has 0 saturated heterocycles. The van der Waals surface area contributed by atoms with Crippen LogP contribution in [0.15, 0.2) is 24.3 Å². The largest absolute Gasteiger partial charge is 0.480 e.